The Morgan fingerprint density at radius 1 is 1.60 bits per heavy atom. The molecule has 80 valence electrons. The summed E-state index contributed by atoms with van der Waals surface area (Å²) in [7, 11) is 1.40. The summed E-state index contributed by atoms with van der Waals surface area (Å²) < 4.78 is 30.2. The van der Waals surface area contributed by atoms with Gasteiger partial charge in [0.25, 0.3) is 6.43 Å². The third-order valence-electron chi connectivity index (χ3n) is 1.99. The molecule has 0 radical (unpaired) electrons. The van der Waals surface area contributed by atoms with Gasteiger partial charge in [-0.15, -0.1) is 0 Å². The van der Waals surface area contributed by atoms with Gasteiger partial charge in [0.15, 0.2) is 0 Å². The van der Waals surface area contributed by atoms with Crippen LogP contribution in [-0.4, -0.2) is 12.1 Å². The smallest absolute Gasteiger partial charge is 0.265 e. The quantitative estimate of drug-likeness (QED) is 0.772. The molecule has 0 aliphatic carbocycles. The van der Waals surface area contributed by atoms with Crippen LogP contribution in [0.4, 0.5) is 8.78 Å². The standard InChI is InChI=1S/C10H10F2N2O/c1-6-5-8(15-2)14-7(3-4-13)9(6)10(11)12/h5,10H,3H2,1-2H3. The monoisotopic (exact) mass is 212 g/mol. The van der Waals surface area contributed by atoms with Crippen molar-refractivity contribution in [1.29, 1.82) is 5.26 Å². The molecule has 15 heavy (non-hydrogen) atoms. The lowest BCUT2D eigenvalue weighted by atomic mass is 10.1. The van der Waals surface area contributed by atoms with Gasteiger partial charge in [0.2, 0.25) is 5.88 Å². The summed E-state index contributed by atoms with van der Waals surface area (Å²) >= 11 is 0. The van der Waals surface area contributed by atoms with Gasteiger partial charge in [0.1, 0.15) is 0 Å². The van der Waals surface area contributed by atoms with Crippen molar-refractivity contribution in [3.63, 3.8) is 0 Å². The van der Waals surface area contributed by atoms with Crippen LogP contribution in [0.15, 0.2) is 6.07 Å². The van der Waals surface area contributed by atoms with E-state index >= 15 is 0 Å². The van der Waals surface area contributed by atoms with Gasteiger partial charge in [-0.1, -0.05) is 0 Å². The van der Waals surface area contributed by atoms with Gasteiger partial charge >= 0.3 is 0 Å². The molecule has 0 unspecified atom stereocenters. The van der Waals surface area contributed by atoms with E-state index in [2.05, 4.69) is 4.98 Å². The number of rotatable bonds is 3. The van der Waals surface area contributed by atoms with Gasteiger partial charge in [0, 0.05) is 11.6 Å². The maximum Gasteiger partial charge on any atom is 0.265 e. The Kier molecular flexibility index (Phi) is 3.56. The number of nitriles is 1. The van der Waals surface area contributed by atoms with Gasteiger partial charge in [-0.2, -0.15) is 5.26 Å². The Bertz CT molecular complexity index is 399. The van der Waals surface area contributed by atoms with Crippen LogP contribution in [0.5, 0.6) is 5.88 Å². The molecule has 5 heteroatoms. The summed E-state index contributed by atoms with van der Waals surface area (Å²) in [5, 5.41) is 8.50. The van der Waals surface area contributed by atoms with Crippen LogP contribution in [0, 0.1) is 18.3 Å². The van der Waals surface area contributed by atoms with E-state index in [-0.39, 0.29) is 23.6 Å². The fourth-order valence-electron chi connectivity index (χ4n) is 1.33. The Labute approximate surface area is 86.3 Å². The molecular formula is C10H10F2N2O. The first-order valence-corrected chi connectivity index (χ1v) is 4.29. The highest BCUT2D eigenvalue weighted by Crippen LogP contribution is 2.28. The molecule has 0 bridgehead atoms. The van der Waals surface area contributed by atoms with Crippen molar-refractivity contribution in [2.45, 2.75) is 19.8 Å². The topological polar surface area (TPSA) is 45.9 Å². The zero-order valence-corrected chi connectivity index (χ0v) is 8.42. The first kappa shape index (κ1) is 11.4. The van der Waals surface area contributed by atoms with Crippen LogP contribution >= 0.6 is 0 Å². The van der Waals surface area contributed by atoms with Crippen LogP contribution < -0.4 is 4.74 Å². The highest BCUT2D eigenvalue weighted by molar-refractivity contribution is 5.36. The first-order valence-electron chi connectivity index (χ1n) is 4.29. The largest absolute Gasteiger partial charge is 0.481 e. The molecule has 0 amide bonds. The molecule has 0 aliphatic rings. The lowest BCUT2D eigenvalue weighted by Gasteiger charge is -2.10. The second-order valence-corrected chi connectivity index (χ2v) is 2.98. The normalized spacial score (nSPS) is 10.1. The average molecular weight is 212 g/mol. The van der Waals surface area contributed by atoms with E-state index in [0.717, 1.165) is 0 Å². The van der Waals surface area contributed by atoms with E-state index in [1.54, 1.807) is 13.0 Å². The molecular weight excluding hydrogens is 202 g/mol. The van der Waals surface area contributed by atoms with Crippen molar-refractivity contribution in [3.8, 4) is 11.9 Å². The molecule has 1 heterocycles. The second kappa shape index (κ2) is 4.69. The Balaban J connectivity index is 3.30. The minimum atomic E-state index is -2.62. The zero-order chi connectivity index (χ0) is 11.4. The lowest BCUT2D eigenvalue weighted by Crippen LogP contribution is -2.03. The molecule has 0 atom stereocenters. The predicted molar refractivity (Wildman–Crippen MR) is 49.8 cm³/mol. The number of halogens is 2. The Morgan fingerprint density at radius 3 is 2.73 bits per heavy atom. The highest BCUT2D eigenvalue weighted by atomic mass is 19.3. The SMILES string of the molecule is COc1cc(C)c(C(F)F)c(CC#N)n1. The van der Waals surface area contributed by atoms with E-state index in [4.69, 9.17) is 10.00 Å². The number of nitrogens with zero attached hydrogens (tertiary/aromatic N) is 2. The zero-order valence-electron chi connectivity index (χ0n) is 8.42. The lowest BCUT2D eigenvalue weighted by molar-refractivity contribution is 0.149. The van der Waals surface area contributed by atoms with Crippen LogP contribution in [0.1, 0.15) is 23.2 Å². The molecule has 0 spiro atoms. The number of hydrogen-bond donors (Lipinski definition) is 0. The van der Waals surface area contributed by atoms with Crippen molar-refractivity contribution in [2.75, 3.05) is 7.11 Å². The van der Waals surface area contributed by atoms with E-state index in [0.29, 0.717) is 5.56 Å². The third-order valence-corrected chi connectivity index (χ3v) is 1.99. The van der Waals surface area contributed by atoms with Crippen molar-refractivity contribution >= 4 is 0 Å². The van der Waals surface area contributed by atoms with Crippen molar-refractivity contribution in [1.82, 2.24) is 4.98 Å². The average Bonchev–Trinajstić information content (AvgIpc) is 2.16. The molecule has 0 N–H and O–H groups in total. The highest BCUT2D eigenvalue weighted by Gasteiger charge is 2.18. The molecule has 0 aliphatic heterocycles. The van der Waals surface area contributed by atoms with Crippen LogP contribution in [0.2, 0.25) is 0 Å². The van der Waals surface area contributed by atoms with Gasteiger partial charge in [0.05, 0.1) is 25.3 Å². The minimum absolute atomic E-state index is 0.0874. The van der Waals surface area contributed by atoms with Crippen LogP contribution in [0.25, 0.3) is 0 Å². The fourth-order valence-corrected chi connectivity index (χ4v) is 1.33. The molecule has 3 nitrogen and oxygen atoms in total. The molecule has 0 saturated carbocycles. The first-order chi connectivity index (χ1) is 7.10. The number of ether oxygens (including phenoxy) is 1. The van der Waals surface area contributed by atoms with Crippen molar-refractivity contribution in [3.05, 3.63) is 22.9 Å². The Hall–Kier alpha value is -1.70. The molecule has 0 saturated heterocycles. The molecule has 1 aromatic rings. The minimum Gasteiger partial charge on any atom is -0.481 e. The van der Waals surface area contributed by atoms with Gasteiger partial charge in [-0.25, -0.2) is 13.8 Å². The predicted octanol–water partition coefficient (Wildman–Crippen LogP) is 2.40. The van der Waals surface area contributed by atoms with Crippen LogP contribution in [0.3, 0.4) is 0 Å². The number of methoxy groups -OCH3 is 1. The number of pyridine rings is 1. The van der Waals surface area contributed by atoms with Gasteiger partial charge in [-0.3, -0.25) is 0 Å². The summed E-state index contributed by atoms with van der Waals surface area (Å²) in [6.07, 6.45) is -2.76. The van der Waals surface area contributed by atoms with Crippen molar-refractivity contribution < 1.29 is 13.5 Å². The second-order valence-electron chi connectivity index (χ2n) is 2.98. The van der Waals surface area contributed by atoms with Gasteiger partial charge in [-0.05, 0) is 12.5 Å². The van der Waals surface area contributed by atoms with E-state index in [1.807, 2.05) is 0 Å². The summed E-state index contributed by atoms with van der Waals surface area (Å²) in [5.41, 5.74) is 0.309. The number of aryl methyl sites for hydroxylation is 1. The summed E-state index contributed by atoms with van der Waals surface area (Å²) in [4.78, 5) is 3.84. The number of hydrogen-bond acceptors (Lipinski definition) is 3. The summed E-state index contributed by atoms with van der Waals surface area (Å²) in [6.45, 7) is 1.55. The third kappa shape index (κ3) is 2.40. The Morgan fingerprint density at radius 2 is 2.27 bits per heavy atom. The molecule has 1 rings (SSSR count). The van der Waals surface area contributed by atoms with E-state index in [1.165, 1.54) is 13.2 Å². The summed E-state index contributed by atoms with van der Waals surface area (Å²) in [5.74, 6) is 0.252. The molecule has 0 fully saturated rings. The number of alkyl halides is 2. The maximum absolute atomic E-state index is 12.7. The van der Waals surface area contributed by atoms with Crippen LogP contribution in [-0.2, 0) is 6.42 Å². The van der Waals surface area contributed by atoms with E-state index in [9.17, 15) is 8.78 Å². The van der Waals surface area contributed by atoms with E-state index < -0.39 is 6.43 Å². The van der Waals surface area contributed by atoms with Gasteiger partial charge < -0.3 is 4.74 Å². The molecule has 0 aromatic carbocycles. The summed E-state index contributed by atoms with van der Waals surface area (Å²) in [6, 6.07) is 3.24. The fraction of sp³-hybridized carbons (Fsp3) is 0.400. The molecule has 1 aromatic heterocycles. The van der Waals surface area contributed by atoms with Crippen molar-refractivity contribution in [2.24, 2.45) is 0 Å². The number of aromatic nitrogens is 1. The maximum atomic E-state index is 12.7.